The number of anilines is 1. The van der Waals surface area contributed by atoms with Gasteiger partial charge in [0, 0.05) is 38.4 Å². The lowest BCUT2D eigenvalue weighted by atomic mass is 10.1. The number of phenols is 1. The van der Waals surface area contributed by atoms with Crippen LogP contribution in [0.4, 0.5) is 18.9 Å². The molecule has 3 rings (SSSR count). The molecule has 5 nitrogen and oxygen atoms in total. The van der Waals surface area contributed by atoms with Crippen LogP contribution in [0.25, 0.3) is 0 Å². The first-order chi connectivity index (χ1) is 13.3. The summed E-state index contributed by atoms with van der Waals surface area (Å²) in [6.07, 6.45) is -5.03. The molecule has 1 aliphatic heterocycles. The first kappa shape index (κ1) is 20.3. The molecule has 2 aromatic carbocycles. The number of aromatic hydroxyl groups is 1. The summed E-state index contributed by atoms with van der Waals surface area (Å²) < 4.78 is 44.1. The van der Waals surface area contributed by atoms with Crippen molar-refractivity contribution in [1.82, 2.24) is 4.90 Å². The molecule has 1 saturated heterocycles. The molecule has 1 heterocycles. The second-order valence-corrected chi connectivity index (χ2v) is 6.79. The molecule has 0 amide bonds. The summed E-state index contributed by atoms with van der Waals surface area (Å²) >= 11 is 0. The predicted molar refractivity (Wildman–Crippen MR) is 99.7 cm³/mol. The molecule has 1 fully saturated rings. The van der Waals surface area contributed by atoms with Gasteiger partial charge in [0.05, 0.1) is 5.56 Å². The van der Waals surface area contributed by atoms with E-state index in [9.17, 15) is 23.4 Å². The molecule has 2 N–H and O–H groups in total. The average molecular weight is 396 g/mol. The molecule has 28 heavy (non-hydrogen) atoms. The normalized spacial score (nSPS) is 16.8. The van der Waals surface area contributed by atoms with Crippen LogP contribution >= 0.6 is 0 Å². The molecular weight excluding hydrogens is 373 g/mol. The van der Waals surface area contributed by atoms with Crippen LogP contribution in [0.1, 0.15) is 5.56 Å². The zero-order chi connectivity index (χ0) is 20.1. The van der Waals surface area contributed by atoms with Crippen LogP contribution in [-0.2, 0) is 6.18 Å². The van der Waals surface area contributed by atoms with Gasteiger partial charge in [0.1, 0.15) is 24.2 Å². The fourth-order valence-corrected chi connectivity index (χ4v) is 3.15. The van der Waals surface area contributed by atoms with Crippen molar-refractivity contribution >= 4 is 5.69 Å². The van der Waals surface area contributed by atoms with Crippen LogP contribution in [0.15, 0.2) is 48.5 Å². The van der Waals surface area contributed by atoms with Crippen molar-refractivity contribution in [1.29, 1.82) is 0 Å². The van der Waals surface area contributed by atoms with Gasteiger partial charge >= 0.3 is 6.18 Å². The summed E-state index contributed by atoms with van der Waals surface area (Å²) in [7, 11) is 0. The van der Waals surface area contributed by atoms with Crippen molar-refractivity contribution in [2.45, 2.75) is 12.3 Å². The summed E-state index contributed by atoms with van der Waals surface area (Å²) in [6.45, 7) is 3.02. The Labute approximate surface area is 161 Å². The van der Waals surface area contributed by atoms with E-state index in [-0.39, 0.29) is 12.4 Å². The maximum Gasteiger partial charge on any atom is 0.416 e. The number of nitrogens with zero attached hydrogens (tertiary/aromatic N) is 2. The largest absolute Gasteiger partial charge is 0.508 e. The van der Waals surface area contributed by atoms with Gasteiger partial charge in [0.15, 0.2) is 0 Å². The maximum atomic E-state index is 12.9. The molecule has 152 valence electrons. The molecule has 8 heteroatoms. The van der Waals surface area contributed by atoms with E-state index in [1.807, 2.05) is 4.90 Å². The van der Waals surface area contributed by atoms with Crippen molar-refractivity contribution in [2.75, 3.05) is 44.2 Å². The number of hydrogen-bond acceptors (Lipinski definition) is 5. The van der Waals surface area contributed by atoms with Gasteiger partial charge in [-0.2, -0.15) is 13.2 Å². The number of halogens is 3. The van der Waals surface area contributed by atoms with Crippen molar-refractivity contribution in [2.24, 2.45) is 0 Å². The fraction of sp³-hybridized carbons (Fsp3) is 0.400. The Bertz CT molecular complexity index is 760. The minimum absolute atomic E-state index is 0.124. The Morgan fingerprint density at radius 2 is 1.68 bits per heavy atom. The number of piperazine rings is 1. The lowest BCUT2D eigenvalue weighted by molar-refractivity contribution is -0.137. The average Bonchev–Trinajstić information content (AvgIpc) is 2.68. The van der Waals surface area contributed by atoms with Crippen molar-refractivity contribution in [3.8, 4) is 11.5 Å². The third kappa shape index (κ3) is 5.53. The van der Waals surface area contributed by atoms with E-state index in [0.29, 0.717) is 44.2 Å². The Morgan fingerprint density at radius 3 is 2.32 bits per heavy atom. The minimum Gasteiger partial charge on any atom is -0.508 e. The molecule has 0 bridgehead atoms. The smallest absolute Gasteiger partial charge is 0.416 e. The second kappa shape index (κ2) is 8.70. The molecule has 0 aromatic heterocycles. The first-order valence-electron chi connectivity index (χ1n) is 9.06. The molecular formula is C20H23F3N2O3. The Hall–Kier alpha value is -2.45. The van der Waals surface area contributed by atoms with E-state index in [2.05, 4.69) is 4.90 Å². The van der Waals surface area contributed by atoms with E-state index in [0.717, 1.165) is 6.07 Å². The van der Waals surface area contributed by atoms with Crippen LogP contribution in [-0.4, -0.2) is 60.5 Å². The van der Waals surface area contributed by atoms with Gasteiger partial charge in [0.25, 0.3) is 0 Å². The van der Waals surface area contributed by atoms with Gasteiger partial charge in [-0.3, -0.25) is 4.90 Å². The first-order valence-corrected chi connectivity index (χ1v) is 9.06. The topological polar surface area (TPSA) is 56.2 Å². The molecule has 0 spiro atoms. The third-order valence-corrected chi connectivity index (χ3v) is 4.66. The van der Waals surface area contributed by atoms with Crippen LogP contribution in [0, 0.1) is 0 Å². The second-order valence-electron chi connectivity index (χ2n) is 6.79. The van der Waals surface area contributed by atoms with Crippen molar-refractivity contribution in [3.05, 3.63) is 54.1 Å². The number of aliphatic hydroxyl groups is 1. The van der Waals surface area contributed by atoms with Crippen molar-refractivity contribution < 1.29 is 28.1 Å². The van der Waals surface area contributed by atoms with Gasteiger partial charge < -0.3 is 19.8 Å². The van der Waals surface area contributed by atoms with Crippen molar-refractivity contribution in [3.63, 3.8) is 0 Å². The highest BCUT2D eigenvalue weighted by Crippen LogP contribution is 2.31. The van der Waals surface area contributed by atoms with E-state index in [1.54, 1.807) is 18.2 Å². The summed E-state index contributed by atoms with van der Waals surface area (Å²) in [4.78, 5) is 3.99. The Kier molecular flexibility index (Phi) is 6.31. The highest BCUT2D eigenvalue weighted by molar-refractivity contribution is 5.49. The number of aliphatic hydroxyl groups excluding tert-OH is 1. The summed E-state index contributed by atoms with van der Waals surface area (Å²) in [5.74, 6) is 0.706. The number of rotatable bonds is 6. The Balaban J connectivity index is 1.45. The SMILES string of the molecule is Oc1ccc(OCC(O)CN2CCN(c3cccc(C(F)(F)F)c3)CC2)cc1. The number of ether oxygens (including phenoxy) is 1. The van der Waals surface area contributed by atoms with Crippen LogP contribution in [0.3, 0.4) is 0 Å². The lowest BCUT2D eigenvalue weighted by Crippen LogP contribution is -2.49. The highest BCUT2D eigenvalue weighted by atomic mass is 19.4. The Morgan fingerprint density at radius 1 is 1.00 bits per heavy atom. The van der Waals surface area contributed by atoms with E-state index < -0.39 is 17.8 Å². The number of β-amino-alcohol motifs (C(OH)–C–C–N with tert-alkyl or cyclic N) is 1. The van der Waals surface area contributed by atoms with Gasteiger partial charge in [-0.1, -0.05) is 6.07 Å². The molecule has 1 aliphatic rings. The number of alkyl halides is 3. The molecule has 0 saturated carbocycles. The van der Waals surface area contributed by atoms with Gasteiger partial charge in [-0.25, -0.2) is 0 Å². The molecule has 0 aliphatic carbocycles. The summed E-state index contributed by atoms with van der Waals surface area (Å²) in [6, 6.07) is 11.6. The quantitative estimate of drug-likeness (QED) is 0.786. The number of phenolic OH excluding ortho intramolecular Hbond substituents is 1. The van der Waals surface area contributed by atoms with Gasteiger partial charge in [0.2, 0.25) is 0 Å². The number of hydrogen-bond donors (Lipinski definition) is 2. The lowest BCUT2D eigenvalue weighted by Gasteiger charge is -2.37. The van der Waals surface area contributed by atoms with E-state index in [1.165, 1.54) is 24.3 Å². The zero-order valence-corrected chi connectivity index (χ0v) is 15.3. The minimum atomic E-state index is -4.35. The van der Waals surface area contributed by atoms with E-state index >= 15 is 0 Å². The molecule has 0 radical (unpaired) electrons. The van der Waals surface area contributed by atoms with Gasteiger partial charge in [-0.15, -0.1) is 0 Å². The standard InChI is InChI=1S/C20H23F3N2O3/c21-20(22,23)15-2-1-3-16(12-15)25-10-8-24(9-11-25)13-18(27)14-28-19-6-4-17(26)5-7-19/h1-7,12,18,26-27H,8-11,13-14H2. The monoisotopic (exact) mass is 396 g/mol. The zero-order valence-electron chi connectivity index (χ0n) is 15.3. The third-order valence-electron chi connectivity index (χ3n) is 4.66. The van der Waals surface area contributed by atoms with Crippen LogP contribution < -0.4 is 9.64 Å². The predicted octanol–water partition coefficient (Wildman–Crippen LogP) is 2.97. The molecule has 2 aromatic rings. The van der Waals surface area contributed by atoms with E-state index in [4.69, 9.17) is 4.74 Å². The molecule has 1 atom stereocenters. The van der Waals surface area contributed by atoms with Crippen LogP contribution in [0.5, 0.6) is 11.5 Å². The van der Waals surface area contributed by atoms with Crippen LogP contribution in [0.2, 0.25) is 0 Å². The highest BCUT2D eigenvalue weighted by Gasteiger charge is 2.31. The van der Waals surface area contributed by atoms with Gasteiger partial charge in [-0.05, 0) is 42.5 Å². The number of benzene rings is 2. The summed E-state index contributed by atoms with van der Waals surface area (Å²) in [5.41, 5.74) is -0.0834. The summed E-state index contributed by atoms with van der Waals surface area (Å²) in [5, 5.41) is 19.4. The molecule has 1 unspecified atom stereocenters. The maximum absolute atomic E-state index is 12.9. The fourth-order valence-electron chi connectivity index (χ4n) is 3.15.